The van der Waals surface area contributed by atoms with E-state index >= 15 is 0 Å². The Morgan fingerprint density at radius 1 is 1.00 bits per heavy atom. The van der Waals surface area contributed by atoms with Crippen LogP contribution >= 0.6 is 45.9 Å². The number of benzene rings is 1. The zero-order valence-corrected chi connectivity index (χ0v) is 20.1. The quantitative estimate of drug-likeness (QED) is 0.536. The third-order valence-electron chi connectivity index (χ3n) is 5.77. The highest BCUT2D eigenvalue weighted by Gasteiger charge is 2.37. The lowest BCUT2D eigenvalue weighted by Crippen LogP contribution is -2.64. The number of carbonyl (C=O) groups excluding carboxylic acids is 2. The van der Waals surface area contributed by atoms with Crippen molar-refractivity contribution in [3.8, 4) is 10.6 Å². The Bertz CT molecular complexity index is 1140. The van der Waals surface area contributed by atoms with Crippen molar-refractivity contribution in [2.24, 2.45) is 0 Å². The first-order valence-electron chi connectivity index (χ1n) is 10.1. The maximum absolute atomic E-state index is 12.9. The summed E-state index contributed by atoms with van der Waals surface area (Å²) in [4.78, 5) is 39.9. The molecule has 166 valence electrons. The van der Waals surface area contributed by atoms with Gasteiger partial charge in [-0.05, 0) is 18.2 Å². The van der Waals surface area contributed by atoms with Gasteiger partial charge in [-0.15, -0.1) is 22.7 Å². The molecule has 2 aromatic heterocycles. The second kappa shape index (κ2) is 9.07. The largest absolute Gasteiger partial charge is 0.334 e. The van der Waals surface area contributed by atoms with Gasteiger partial charge in [0.2, 0.25) is 0 Å². The Hall–Kier alpha value is -2.04. The molecule has 3 aromatic rings. The van der Waals surface area contributed by atoms with Gasteiger partial charge in [-0.3, -0.25) is 14.5 Å². The number of rotatable bonds is 4. The third kappa shape index (κ3) is 4.27. The predicted molar refractivity (Wildman–Crippen MR) is 127 cm³/mol. The molecule has 7 nitrogen and oxygen atoms in total. The first kappa shape index (κ1) is 21.8. The van der Waals surface area contributed by atoms with Gasteiger partial charge in [-0.25, -0.2) is 9.97 Å². The molecular formula is C21H19Cl2N5O2S2. The minimum absolute atomic E-state index is 0.00481. The van der Waals surface area contributed by atoms with Gasteiger partial charge < -0.3 is 9.80 Å². The van der Waals surface area contributed by atoms with Gasteiger partial charge in [0.25, 0.3) is 11.8 Å². The molecule has 0 atom stereocenters. The number of nitrogens with zero attached hydrogens (tertiary/aromatic N) is 5. The predicted octanol–water partition coefficient (Wildman–Crippen LogP) is 3.86. The second-order valence-corrected chi connectivity index (χ2v) is 10.3. The molecule has 2 fully saturated rings. The number of carbonyl (C=O) groups is 2. The van der Waals surface area contributed by atoms with E-state index in [1.807, 2.05) is 21.2 Å². The van der Waals surface area contributed by atoms with E-state index in [0.29, 0.717) is 58.0 Å². The number of halogens is 2. The minimum atomic E-state index is -0.0635. The Morgan fingerprint density at radius 3 is 2.47 bits per heavy atom. The number of amides is 2. The zero-order valence-electron chi connectivity index (χ0n) is 16.9. The highest BCUT2D eigenvalue weighted by atomic mass is 35.5. The summed E-state index contributed by atoms with van der Waals surface area (Å²) in [6.45, 7) is 4.32. The molecule has 2 aliphatic rings. The number of aromatic nitrogens is 2. The van der Waals surface area contributed by atoms with E-state index in [0.717, 1.165) is 18.7 Å². The lowest BCUT2D eigenvalue weighted by molar-refractivity contribution is 0.00827. The van der Waals surface area contributed by atoms with E-state index in [1.54, 1.807) is 23.7 Å². The summed E-state index contributed by atoms with van der Waals surface area (Å²) >= 11 is 15.0. The van der Waals surface area contributed by atoms with Crippen molar-refractivity contribution < 1.29 is 9.59 Å². The van der Waals surface area contributed by atoms with Gasteiger partial charge in [0.1, 0.15) is 10.7 Å². The molecule has 2 saturated heterocycles. The molecule has 0 spiro atoms. The molecule has 0 bridgehead atoms. The van der Waals surface area contributed by atoms with Gasteiger partial charge in [-0.2, -0.15) is 0 Å². The molecule has 2 amide bonds. The summed E-state index contributed by atoms with van der Waals surface area (Å²) < 4.78 is 0. The molecule has 0 unspecified atom stereocenters. The van der Waals surface area contributed by atoms with Crippen LogP contribution < -0.4 is 0 Å². The van der Waals surface area contributed by atoms with Gasteiger partial charge >= 0.3 is 0 Å². The van der Waals surface area contributed by atoms with Crippen molar-refractivity contribution in [2.45, 2.75) is 6.04 Å². The molecule has 0 aliphatic carbocycles. The fraction of sp³-hybridized carbons (Fsp3) is 0.333. The number of thiazole rings is 2. The minimum Gasteiger partial charge on any atom is -0.334 e. The van der Waals surface area contributed by atoms with Gasteiger partial charge in [0, 0.05) is 72.9 Å². The van der Waals surface area contributed by atoms with E-state index in [2.05, 4.69) is 14.9 Å². The Labute approximate surface area is 203 Å². The molecular weight excluding hydrogens is 489 g/mol. The standard InChI is InChI=1S/C21H19Cl2N5O2S2/c22-13-1-2-15(16(23)9-13)18-25-17(12-32-18)20(29)28-10-14(11-28)26-4-6-27(7-5-26)21(30)19-24-3-8-31-19/h1-3,8-9,12,14H,4-7,10-11H2. The van der Waals surface area contributed by atoms with Gasteiger partial charge in [0.05, 0.1) is 5.02 Å². The smallest absolute Gasteiger partial charge is 0.282 e. The van der Waals surface area contributed by atoms with Crippen LogP contribution in [0.4, 0.5) is 0 Å². The highest BCUT2D eigenvalue weighted by Crippen LogP contribution is 2.33. The van der Waals surface area contributed by atoms with Crippen LogP contribution in [0.3, 0.4) is 0 Å². The van der Waals surface area contributed by atoms with Crippen LogP contribution in [-0.4, -0.2) is 81.8 Å². The first-order valence-corrected chi connectivity index (χ1v) is 12.6. The fourth-order valence-electron chi connectivity index (χ4n) is 3.93. The second-order valence-electron chi connectivity index (χ2n) is 7.69. The maximum Gasteiger partial charge on any atom is 0.282 e. The average molecular weight is 508 g/mol. The van der Waals surface area contributed by atoms with E-state index < -0.39 is 0 Å². The molecule has 2 aliphatic heterocycles. The van der Waals surface area contributed by atoms with Crippen LogP contribution in [0, 0.1) is 0 Å². The van der Waals surface area contributed by atoms with Crippen molar-refractivity contribution in [3.63, 3.8) is 0 Å². The van der Waals surface area contributed by atoms with Crippen molar-refractivity contribution in [1.82, 2.24) is 24.7 Å². The van der Waals surface area contributed by atoms with E-state index in [1.165, 1.54) is 22.7 Å². The van der Waals surface area contributed by atoms with E-state index in [-0.39, 0.29) is 11.8 Å². The van der Waals surface area contributed by atoms with Crippen molar-refractivity contribution >= 4 is 57.7 Å². The number of hydrogen-bond donors (Lipinski definition) is 0. The summed E-state index contributed by atoms with van der Waals surface area (Å²) in [5, 5.41) is 5.92. The molecule has 1 aromatic carbocycles. The lowest BCUT2D eigenvalue weighted by atomic mass is 10.1. The van der Waals surface area contributed by atoms with Crippen LogP contribution in [0.1, 0.15) is 20.3 Å². The van der Waals surface area contributed by atoms with Crippen molar-refractivity contribution in [1.29, 1.82) is 0 Å². The lowest BCUT2D eigenvalue weighted by Gasteiger charge is -2.47. The van der Waals surface area contributed by atoms with Crippen LogP contribution in [-0.2, 0) is 0 Å². The topological polar surface area (TPSA) is 69.6 Å². The molecule has 4 heterocycles. The Morgan fingerprint density at radius 2 is 1.78 bits per heavy atom. The normalized spacial score (nSPS) is 17.4. The van der Waals surface area contributed by atoms with Crippen LogP contribution in [0.5, 0.6) is 0 Å². The molecule has 5 rings (SSSR count). The van der Waals surface area contributed by atoms with Crippen molar-refractivity contribution in [3.05, 3.63) is 55.9 Å². The summed E-state index contributed by atoms with van der Waals surface area (Å²) in [6.07, 6.45) is 1.66. The van der Waals surface area contributed by atoms with Crippen LogP contribution in [0.2, 0.25) is 10.0 Å². The summed E-state index contributed by atoms with van der Waals surface area (Å²) in [5.41, 5.74) is 1.21. The molecule has 0 radical (unpaired) electrons. The third-order valence-corrected chi connectivity index (χ3v) is 7.95. The summed E-state index contributed by atoms with van der Waals surface area (Å²) in [7, 11) is 0. The van der Waals surface area contributed by atoms with E-state index in [9.17, 15) is 9.59 Å². The van der Waals surface area contributed by atoms with Gasteiger partial charge in [0.15, 0.2) is 5.01 Å². The number of hydrogen-bond acceptors (Lipinski definition) is 7. The first-order chi connectivity index (χ1) is 15.5. The fourth-order valence-corrected chi connectivity index (χ4v) is 5.92. The van der Waals surface area contributed by atoms with Crippen LogP contribution in [0.25, 0.3) is 10.6 Å². The number of likely N-dealkylation sites (tertiary alicyclic amines) is 1. The van der Waals surface area contributed by atoms with Crippen molar-refractivity contribution in [2.75, 3.05) is 39.3 Å². The average Bonchev–Trinajstić information content (AvgIpc) is 3.45. The van der Waals surface area contributed by atoms with Gasteiger partial charge in [-0.1, -0.05) is 23.2 Å². The van der Waals surface area contributed by atoms with Crippen LogP contribution in [0.15, 0.2) is 35.2 Å². The molecule has 0 saturated carbocycles. The molecule has 0 N–H and O–H groups in total. The monoisotopic (exact) mass is 507 g/mol. The Balaban J connectivity index is 1.14. The summed E-state index contributed by atoms with van der Waals surface area (Å²) in [5.74, 6) is -0.0587. The summed E-state index contributed by atoms with van der Waals surface area (Å²) in [6, 6.07) is 5.57. The molecule has 11 heteroatoms. The SMILES string of the molecule is O=C(c1csc(-c2ccc(Cl)cc2Cl)n1)N1CC(N2CCN(C(=O)c3nccs3)CC2)C1. The number of piperazine rings is 1. The maximum atomic E-state index is 12.9. The Kier molecular flexibility index (Phi) is 6.18. The van der Waals surface area contributed by atoms with E-state index in [4.69, 9.17) is 23.2 Å². The molecule has 32 heavy (non-hydrogen) atoms. The highest BCUT2D eigenvalue weighted by molar-refractivity contribution is 7.13. The zero-order chi connectivity index (χ0) is 22.2.